The molecule has 0 radical (unpaired) electrons. The predicted molar refractivity (Wildman–Crippen MR) is 37.7 cm³/mol. The van der Waals surface area contributed by atoms with Crippen LogP contribution in [0, 0.1) is 5.92 Å². The molecular weight excluding hydrogens is 132 g/mol. The number of rotatable bonds is 4. The molecule has 0 aromatic rings. The van der Waals surface area contributed by atoms with Crippen molar-refractivity contribution in [3.63, 3.8) is 0 Å². The molecule has 0 aliphatic carbocycles. The molecule has 0 saturated heterocycles. The molecule has 0 rings (SSSR count). The van der Waals surface area contributed by atoms with Crippen molar-refractivity contribution < 1.29 is 15.0 Å². The smallest absolute Gasteiger partial charge is 0.332 e. The van der Waals surface area contributed by atoms with Gasteiger partial charge < -0.3 is 10.2 Å². The van der Waals surface area contributed by atoms with E-state index in [1.165, 1.54) is 0 Å². The van der Waals surface area contributed by atoms with Crippen molar-refractivity contribution >= 4 is 5.97 Å². The van der Waals surface area contributed by atoms with Gasteiger partial charge in [0.1, 0.15) is 0 Å². The first-order valence-electron chi connectivity index (χ1n) is 3.48. The van der Waals surface area contributed by atoms with Crippen LogP contribution in [0.1, 0.15) is 26.7 Å². The molecule has 0 aliphatic rings. The molecule has 2 atom stereocenters. The monoisotopic (exact) mass is 146 g/mol. The largest absolute Gasteiger partial charge is 0.479 e. The average Bonchev–Trinajstić information content (AvgIpc) is 1.87. The van der Waals surface area contributed by atoms with Gasteiger partial charge in [-0.15, -0.1) is 0 Å². The highest BCUT2D eigenvalue weighted by atomic mass is 16.4. The zero-order chi connectivity index (χ0) is 8.15. The van der Waals surface area contributed by atoms with Crippen molar-refractivity contribution in [3.8, 4) is 0 Å². The fraction of sp³-hybridized carbons (Fsp3) is 0.857. The molecule has 0 aromatic carbocycles. The first kappa shape index (κ1) is 9.43. The number of carbonyl (C=O) groups is 1. The number of aliphatic hydroxyl groups excluding tert-OH is 1. The minimum atomic E-state index is -1.19. The van der Waals surface area contributed by atoms with E-state index in [1.807, 2.05) is 13.8 Å². The highest BCUT2D eigenvalue weighted by Crippen LogP contribution is 2.09. The van der Waals surface area contributed by atoms with E-state index < -0.39 is 12.1 Å². The van der Waals surface area contributed by atoms with Gasteiger partial charge in [0.05, 0.1) is 0 Å². The second-order valence-corrected chi connectivity index (χ2v) is 2.60. The van der Waals surface area contributed by atoms with Gasteiger partial charge in [0.25, 0.3) is 0 Å². The average molecular weight is 146 g/mol. The van der Waals surface area contributed by atoms with Gasteiger partial charge >= 0.3 is 5.97 Å². The molecule has 0 bridgehead atoms. The van der Waals surface area contributed by atoms with Gasteiger partial charge in [0, 0.05) is 0 Å². The van der Waals surface area contributed by atoms with E-state index in [-0.39, 0.29) is 5.92 Å². The molecule has 2 N–H and O–H groups in total. The molecule has 3 heteroatoms. The maximum absolute atomic E-state index is 10.1. The molecule has 60 valence electrons. The van der Waals surface area contributed by atoms with Crippen molar-refractivity contribution in [1.29, 1.82) is 0 Å². The number of hydrogen-bond acceptors (Lipinski definition) is 2. The lowest BCUT2D eigenvalue weighted by Crippen LogP contribution is -2.21. The Morgan fingerprint density at radius 1 is 1.60 bits per heavy atom. The standard InChI is InChI=1S/C7H14O3/c1-3-5(2)4-6(8)7(9)10/h5-6,8H,3-4H2,1-2H3,(H,9,10)/t5-,6+/m1/s1. The minimum Gasteiger partial charge on any atom is -0.479 e. The summed E-state index contributed by atoms with van der Waals surface area (Å²) >= 11 is 0. The lowest BCUT2D eigenvalue weighted by molar-refractivity contribution is -0.147. The number of hydrogen-bond donors (Lipinski definition) is 2. The highest BCUT2D eigenvalue weighted by molar-refractivity contribution is 5.71. The summed E-state index contributed by atoms with van der Waals surface area (Å²) in [6.45, 7) is 3.89. The Bertz CT molecular complexity index is 111. The summed E-state index contributed by atoms with van der Waals surface area (Å²) in [6.07, 6.45) is 0.0749. The van der Waals surface area contributed by atoms with Crippen LogP contribution in [0.15, 0.2) is 0 Å². The third-order valence-corrected chi connectivity index (χ3v) is 1.61. The van der Waals surface area contributed by atoms with Crippen molar-refractivity contribution in [3.05, 3.63) is 0 Å². The fourth-order valence-electron chi connectivity index (χ4n) is 0.649. The summed E-state index contributed by atoms with van der Waals surface area (Å²) < 4.78 is 0. The summed E-state index contributed by atoms with van der Waals surface area (Å²) in [5, 5.41) is 17.1. The maximum Gasteiger partial charge on any atom is 0.332 e. The second kappa shape index (κ2) is 4.28. The Morgan fingerprint density at radius 3 is 2.40 bits per heavy atom. The quantitative estimate of drug-likeness (QED) is 0.618. The van der Waals surface area contributed by atoms with E-state index in [0.717, 1.165) is 6.42 Å². The van der Waals surface area contributed by atoms with Crippen LogP contribution in [0.4, 0.5) is 0 Å². The van der Waals surface area contributed by atoms with Gasteiger partial charge in [-0.2, -0.15) is 0 Å². The third-order valence-electron chi connectivity index (χ3n) is 1.61. The van der Waals surface area contributed by atoms with Crippen LogP contribution >= 0.6 is 0 Å². The zero-order valence-electron chi connectivity index (χ0n) is 6.37. The fourth-order valence-corrected chi connectivity index (χ4v) is 0.649. The van der Waals surface area contributed by atoms with E-state index >= 15 is 0 Å². The first-order valence-corrected chi connectivity index (χ1v) is 3.48. The molecular formula is C7H14O3. The lowest BCUT2D eigenvalue weighted by Gasteiger charge is -2.09. The normalized spacial score (nSPS) is 16.3. The summed E-state index contributed by atoms with van der Waals surface area (Å²) in [5.41, 5.74) is 0. The molecule has 0 heterocycles. The molecule has 3 nitrogen and oxygen atoms in total. The van der Waals surface area contributed by atoms with Crippen LogP contribution in [0.2, 0.25) is 0 Å². The summed E-state index contributed by atoms with van der Waals surface area (Å²) in [5.74, 6) is -0.841. The van der Waals surface area contributed by atoms with Gasteiger partial charge in [0.2, 0.25) is 0 Å². The third kappa shape index (κ3) is 3.45. The Labute approximate surface area is 60.7 Å². The van der Waals surface area contributed by atoms with E-state index in [2.05, 4.69) is 0 Å². The number of carboxylic acid groups (broad SMARTS) is 1. The van der Waals surface area contributed by atoms with Gasteiger partial charge in [-0.05, 0) is 12.3 Å². The number of aliphatic hydroxyl groups is 1. The molecule has 10 heavy (non-hydrogen) atoms. The molecule has 0 unspecified atom stereocenters. The van der Waals surface area contributed by atoms with Crippen molar-refractivity contribution in [1.82, 2.24) is 0 Å². The van der Waals surface area contributed by atoms with Gasteiger partial charge in [-0.3, -0.25) is 0 Å². The second-order valence-electron chi connectivity index (χ2n) is 2.60. The molecule has 0 saturated carbocycles. The topological polar surface area (TPSA) is 57.5 Å². The molecule has 0 spiro atoms. The van der Waals surface area contributed by atoms with E-state index in [9.17, 15) is 4.79 Å². The van der Waals surface area contributed by atoms with Crippen LogP contribution < -0.4 is 0 Å². The van der Waals surface area contributed by atoms with Crippen LogP contribution in [0.3, 0.4) is 0 Å². The van der Waals surface area contributed by atoms with Crippen LogP contribution in [0.5, 0.6) is 0 Å². The van der Waals surface area contributed by atoms with Crippen molar-refractivity contribution in [2.45, 2.75) is 32.8 Å². The van der Waals surface area contributed by atoms with Gasteiger partial charge in [-0.25, -0.2) is 4.79 Å². The Balaban J connectivity index is 3.56. The maximum atomic E-state index is 10.1. The Kier molecular flexibility index (Phi) is 4.03. The number of aliphatic carboxylic acids is 1. The summed E-state index contributed by atoms with van der Waals surface area (Å²) in [6, 6.07) is 0. The summed E-state index contributed by atoms with van der Waals surface area (Å²) in [4.78, 5) is 10.1. The highest BCUT2D eigenvalue weighted by Gasteiger charge is 2.15. The van der Waals surface area contributed by atoms with Gasteiger partial charge in [-0.1, -0.05) is 20.3 Å². The van der Waals surface area contributed by atoms with Gasteiger partial charge in [0.15, 0.2) is 6.10 Å². The Hall–Kier alpha value is -0.570. The predicted octanol–water partition coefficient (Wildman–Crippen LogP) is 0.868. The lowest BCUT2D eigenvalue weighted by atomic mass is 10.0. The van der Waals surface area contributed by atoms with E-state index in [1.54, 1.807) is 0 Å². The van der Waals surface area contributed by atoms with E-state index in [0.29, 0.717) is 6.42 Å². The SMILES string of the molecule is CC[C@@H](C)C[C@H](O)C(=O)O. The van der Waals surface area contributed by atoms with Crippen molar-refractivity contribution in [2.75, 3.05) is 0 Å². The van der Waals surface area contributed by atoms with E-state index in [4.69, 9.17) is 10.2 Å². The zero-order valence-corrected chi connectivity index (χ0v) is 6.37. The summed E-state index contributed by atoms with van der Waals surface area (Å²) in [7, 11) is 0. The van der Waals surface area contributed by atoms with Crippen LogP contribution in [0.25, 0.3) is 0 Å². The van der Waals surface area contributed by atoms with Crippen molar-refractivity contribution in [2.24, 2.45) is 5.92 Å². The molecule has 0 aliphatic heterocycles. The van der Waals surface area contributed by atoms with Crippen LogP contribution in [-0.4, -0.2) is 22.3 Å². The molecule has 0 aromatic heterocycles. The minimum absolute atomic E-state index is 0.283. The Morgan fingerprint density at radius 2 is 2.10 bits per heavy atom. The molecule has 0 amide bonds. The molecule has 0 fully saturated rings. The number of carboxylic acids is 1. The van der Waals surface area contributed by atoms with Crippen LogP contribution in [-0.2, 0) is 4.79 Å². The first-order chi connectivity index (χ1) is 4.57.